The van der Waals surface area contributed by atoms with Crippen molar-refractivity contribution in [3.05, 3.63) is 70.8 Å². The Balaban J connectivity index is 0.000000360. The number of para-hydroxylation sites is 1. The molecule has 1 aliphatic rings. The number of carbonyl (C=O) groups is 2. The topological polar surface area (TPSA) is 138 Å². The molecule has 3 N–H and O–H groups in total. The van der Waals surface area contributed by atoms with E-state index in [9.17, 15) is 26.3 Å². The number of imidazole rings is 1. The second-order valence-electron chi connectivity index (χ2n) is 9.94. The van der Waals surface area contributed by atoms with Gasteiger partial charge in [0.05, 0.1) is 7.11 Å². The van der Waals surface area contributed by atoms with Gasteiger partial charge in [-0.1, -0.05) is 18.2 Å². The fourth-order valence-electron chi connectivity index (χ4n) is 4.48. The average molecular weight is 735 g/mol. The zero-order valence-electron chi connectivity index (χ0n) is 24.6. The number of nitrogens with zero attached hydrogens (tertiary/aromatic N) is 3. The van der Waals surface area contributed by atoms with Gasteiger partial charge in [-0.3, -0.25) is 4.90 Å². The van der Waals surface area contributed by atoms with Gasteiger partial charge in [0.1, 0.15) is 29.4 Å². The molecule has 1 fully saturated rings. The lowest BCUT2D eigenvalue weighted by molar-refractivity contribution is -0.193. The van der Waals surface area contributed by atoms with Gasteiger partial charge in [-0.15, -0.1) is 0 Å². The van der Waals surface area contributed by atoms with Gasteiger partial charge in [0, 0.05) is 22.8 Å². The van der Waals surface area contributed by atoms with E-state index in [2.05, 4.69) is 54.0 Å². The molecule has 47 heavy (non-hydrogen) atoms. The molecule has 3 heterocycles. The first kappa shape index (κ1) is 37.1. The number of aliphatic carboxylic acids is 2. The second kappa shape index (κ2) is 16.4. The number of benzene rings is 2. The summed E-state index contributed by atoms with van der Waals surface area (Å²) in [7, 11) is 1.75. The van der Waals surface area contributed by atoms with Gasteiger partial charge in [0.15, 0.2) is 5.65 Å². The lowest BCUT2D eigenvalue weighted by atomic mass is 9.89. The van der Waals surface area contributed by atoms with Crippen molar-refractivity contribution in [2.75, 3.05) is 33.4 Å². The van der Waals surface area contributed by atoms with Gasteiger partial charge < -0.3 is 24.7 Å². The van der Waals surface area contributed by atoms with Crippen LogP contribution < -0.4 is 9.47 Å². The van der Waals surface area contributed by atoms with Gasteiger partial charge >= 0.3 is 24.3 Å². The monoisotopic (exact) mass is 734 g/mol. The van der Waals surface area contributed by atoms with Crippen molar-refractivity contribution in [1.82, 2.24) is 19.9 Å². The molecule has 0 atom stereocenters. The van der Waals surface area contributed by atoms with Crippen LogP contribution in [0.1, 0.15) is 24.3 Å². The first-order valence-corrected chi connectivity index (χ1v) is 14.6. The van der Waals surface area contributed by atoms with E-state index in [4.69, 9.17) is 29.3 Å². The Labute approximate surface area is 272 Å². The summed E-state index contributed by atoms with van der Waals surface area (Å²) in [5.74, 6) is -2.25. The van der Waals surface area contributed by atoms with E-state index in [1.807, 2.05) is 36.4 Å². The molecule has 0 aliphatic carbocycles. The Morgan fingerprint density at radius 3 is 2.11 bits per heavy atom. The summed E-state index contributed by atoms with van der Waals surface area (Å²) < 4.78 is 76.0. The molecule has 17 heteroatoms. The molecule has 1 aliphatic heterocycles. The number of halogens is 7. The quantitative estimate of drug-likeness (QED) is 0.173. The first-order chi connectivity index (χ1) is 22.1. The number of likely N-dealkylation sites (tertiary alicyclic amines) is 1. The summed E-state index contributed by atoms with van der Waals surface area (Å²) in [4.78, 5) is 32.5. The van der Waals surface area contributed by atoms with E-state index in [1.165, 1.54) is 5.56 Å². The van der Waals surface area contributed by atoms with Gasteiger partial charge in [0.25, 0.3) is 0 Å². The molecule has 2 aromatic carbocycles. The number of aromatic amines is 1. The van der Waals surface area contributed by atoms with Gasteiger partial charge in [0.2, 0.25) is 0 Å². The van der Waals surface area contributed by atoms with Crippen LogP contribution >= 0.6 is 15.9 Å². The highest BCUT2D eigenvalue weighted by atomic mass is 79.9. The average Bonchev–Trinajstić information content (AvgIpc) is 3.45. The van der Waals surface area contributed by atoms with Crippen LogP contribution in [0.4, 0.5) is 26.3 Å². The number of fused-ring (bicyclic) bond motifs is 1. The molecule has 0 radical (unpaired) electrons. The molecule has 4 aromatic rings. The smallest absolute Gasteiger partial charge is 0.490 e. The maximum absolute atomic E-state index is 10.6. The van der Waals surface area contributed by atoms with Crippen molar-refractivity contribution in [2.24, 2.45) is 0 Å². The number of H-pyrrole nitrogens is 1. The number of piperidine rings is 1. The number of carboxylic acid groups (broad SMARTS) is 2. The highest BCUT2D eigenvalue weighted by molar-refractivity contribution is 9.10. The normalized spacial score (nSPS) is 14.0. The lowest BCUT2D eigenvalue weighted by Gasteiger charge is -2.32. The minimum atomic E-state index is -5.08. The number of nitrogens with one attached hydrogen (secondary N) is 1. The molecule has 10 nitrogen and oxygen atoms in total. The number of aromatic nitrogens is 3. The predicted octanol–water partition coefficient (Wildman–Crippen LogP) is 6.92. The van der Waals surface area contributed by atoms with E-state index in [0.717, 1.165) is 71.0 Å². The Morgan fingerprint density at radius 2 is 1.55 bits per heavy atom. The highest BCUT2D eigenvalue weighted by Gasteiger charge is 2.38. The summed E-state index contributed by atoms with van der Waals surface area (Å²) in [5.41, 5.74) is 3.97. The van der Waals surface area contributed by atoms with Crippen molar-refractivity contribution in [1.29, 1.82) is 0 Å². The largest absolute Gasteiger partial charge is 0.496 e. The number of pyridine rings is 1. The summed E-state index contributed by atoms with van der Waals surface area (Å²) in [5, 5.41) is 14.2. The number of methoxy groups -OCH3 is 1. The molecular weight excluding hydrogens is 706 g/mol. The number of hydrogen-bond acceptors (Lipinski definition) is 7. The number of ether oxygens (including phenoxy) is 2. The van der Waals surface area contributed by atoms with Crippen LogP contribution in [0.15, 0.2) is 65.3 Å². The van der Waals surface area contributed by atoms with Crippen molar-refractivity contribution in [3.8, 4) is 22.9 Å². The van der Waals surface area contributed by atoms with E-state index < -0.39 is 24.3 Å². The van der Waals surface area contributed by atoms with Crippen LogP contribution in [-0.4, -0.2) is 87.7 Å². The Kier molecular flexibility index (Phi) is 13.0. The minimum absolute atomic E-state index is 0.570. The SMILES string of the molecule is COc1ccccc1C1CCN(CCOc2ccc(-c3nc4cc(Br)cnc4[nH]3)cc2)CC1.O=C(O)C(F)(F)F.O=C(O)C(F)(F)F. The minimum Gasteiger partial charge on any atom is -0.496 e. The van der Waals surface area contributed by atoms with Gasteiger partial charge in [-0.05, 0) is 89.7 Å². The fraction of sp³-hybridized carbons (Fsp3) is 0.333. The first-order valence-electron chi connectivity index (χ1n) is 13.8. The van der Waals surface area contributed by atoms with Gasteiger partial charge in [-0.25, -0.2) is 19.6 Å². The third-order valence-electron chi connectivity index (χ3n) is 6.76. The molecule has 0 amide bonds. The van der Waals surface area contributed by atoms with Crippen LogP contribution in [0.3, 0.4) is 0 Å². The van der Waals surface area contributed by atoms with Crippen LogP contribution in [-0.2, 0) is 9.59 Å². The van der Waals surface area contributed by atoms with Crippen LogP contribution in [0, 0.1) is 0 Å². The third-order valence-corrected chi connectivity index (χ3v) is 7.19. The number of carboxylic acids is 2. The zero-order chi connectivity index (χ0) is 34.8. The molecule has 1 saturated heterocycles. The van der Waals surface area contributed by atoms with Crippen molar-refractivity contribution < 1.29 is 55.6 Å². The summed E-state index contributed by atoms with van der Waals surface area (Å²) in [6, 6.07) is 18.4. The molecule has 0 spiro atoms. The maximum Gasteiger partial charge on any atom is 0.490 e. The van der Waals surface area contributed by atoms with Crippen molar-refractivity contribution in [2.45, 2.75) is 31.1 Å². The molecular formula is C30H29BrF6N4O6. The zero-order valence-corrected chi connectivity index (χ0v) is 26.2. The van der Waals surface area contributed by atoms with Crippen molar-refractivity contribution in [3.63, 3.8) is 0 Å². The van der Waals surface area contributed by atoms with E-state index in [-0.39, 0.29) is 0 Å². The molecule has 5 rings (SSSR count). The van der Waals surface area contributed by atoms with Gasteiger partial charge in [-0.2, -0.15) is 26.3 Å². The summed E-state index contributed by atoms with van der Waals surface area (Å²) in [6.45, 7) is 3.79. The van der Waals surface area contributed by atoms with Crippen LogP contribution in [0.25, 0.3) is 22.6 Å². The van der Waals surface area contributed by atoms with Crippen LogP contribution in [0.5, 0.6) is 11.5 Å². The summed E-state index contributed by atoms with van der Waals surface area (Å²) >= 11 is 3.44. The molecule has 254 valence electrons. The maximum atomic E-state index is 10.6. The number of rotatable bonds is 7. The second-order valence-corrected chi connectivity index (χ2v) is 10.9. The number of alkyl halides is 6. The standard InChI is InChI=1S/C26H27BrN4O2.2C2HF3O2/c1-32-24-5-3-2-4-22(24)18-10-12-31(13-11-18)14-15-33-21-8-6-19(7-9-21)25-29-23-16-20(27)17-28-26(23)30-25;2*3-2(4,5)1(6)7/h2-9,16-18H,10-15H2,1H3,(H,28,29,30);2*(H,6,7). The molecule has 2 aromatic heterocycles. The van der Waals surface area contributed by atoms with E-state index >= 15 is 0 Å². The Morgan fingerprint density at radius 1 is 0.979 bits per heavy atom. The third kappa shape index (κ3) is 11.4. The Hall–Kier alpha value is -4.38. The van der Waals surface area contributed by atoms with E-state index in [1.54, 1.807) is 13.3 Å². The Bertz CT molecular complexity index is 1600. The van der Waals surface area contributed by atoms with Crippen molar-refractivity contribution >= 4 is 39.0 Å². The number of hydrogen-bond donors (Lipinski definition) is 3. The predicted molar refractivity (Wildman–Crippen MR) is 161 cm³/mol. The highest BCUT2D eigenvalue weighted by Crippen LogP contribution is 2.34. The molecule has 0 saturated carbocycles. The summed E-state index contributed by atoms with van der Waals surface area (Å²) in [6.07, 6.45) is -6.10. The molecule has 0 bridgehead atoms. The van der Waals surface area contributed by atoms with E-state index in [0.29, 0.717) is 12.5 Å². The lowest BCUT2D eigenvalue weighted by Crippen LogP contribution is -2.35. The van der Waals surface area contributed by atoms with Crippen LogP contribution in [0.2, 0.25) is 0 Å². The fourth-order valence-corrected chi connectivity index (χ4v) is 4.80. The molecule has 0 unspecified atom stereocenters.